The van der Waals surface area contributed by atoms with Crippen LogP contribution in [0.5, 0.6) is 17.2 Å². The molecule has 0 amide bonds. The van der Waals surface area contributed by atoms with Crippen molar-refractivity contribution in [3.05, 3.63) is 118 Å². The normalized spacial score (nSPS) is 24.3. The van der Waals surface area contributed by atoms with E-state index in [1.165, 1.54) is 10.4 Å². The minimum atomic E-state index is -0.314. The standard InChI is InChI=1S/C51H56N10O5S/c1-28-29(2)67-45-40(28)41(56-37(22-39-53-17-20-63-39)43-59-58-30(3)61(43)45)31-9-12-34(13-10-31)64-36-23-51(24-36)15-18-60(19-16-51)48-54-26-33(27-55-48)42-44(66-42)57-46-49(4,5)47(50(46,6)7)65-35-14-11-32(25-52)38(21-35)62-8/h9-14,17,20-21,26-27,36-37,42,44,46-47,57H,15-16,18-19,22-24H2,1-8H3/t37-,42?,44?,46?,47?/m0/s1. The molecule has 16 heteroatoms. The van der Waals surface area contributed by atoms with E-state index in [-0.39, 0.29) is 47.5 Å². The van der Waals surface area contributed by atoms with Crippen LogP contribution in [0.2, 0.25) is 0 Å². The molecule has 5 aliphatic rings. The highest BCUT2D eigenvalue weighted by atomic mass is 32.1. The van der Waals surface area contributed by atoms with E-state index >= 15 is 0 Å². The molecular formula is C51H56N10O5S. The minimum Gasteiger partial charge on any atom is -0.495 e. The first-order chi connectivity index (χ1) is 32.2. The SMILES string of the molecule is COc1cc(OC2C(C)(C)C(NC3OC3c3cnc(N4CCC5(CC4)CC(Oc4ccc(C6=N[C@@H](Cc7ncco7)c7nnc(C)n7-c7sc(C)c(C)c76)cc4)C5)nc3)C2(C)C)ccc1C#N. The van der Waals surface area contributed by atoms with Gasteiger partial charge in [0.25, 0.3) is 0 Å². The molecule has 1 spiro atoms. The molecular weight excluding hydrogens is 865 g/mol. The van der Waals surface area contributed by atoms with Gasteiger partial charge in [0.1, 0.15) is 64.9 Å². The highest BCUT2D eigenvalue weighted by Gasteiger charge is 2.65. The van der Waals surface area contributed by atoms with E-state index in [4.69, 9.17) is 38.3 Å². The van der Waals surface area contributed by atoms with Gasteiger partial charge in [-0.15, -0.1) is 21.5 Å². The number of nitrogens with one attached hydrogen (secondary N) is 1. The summed E-state index contributed by atoms with van der Waals surface area (Å²) >= 11 is 1.75. The number of methoxy groups -OCH3 is 1. The third-order valence-electron chi connectivity index (χ3n) is 15.1. The molecule has 2 saturated heterocycles. The average molecular weight is 921 g/mol. The summed E-state index contributed by atoms with van der Waals surface area (Å²) in [5.74, 6) is 5.09. The molecule has 2 saturated carbocycles. The molecule has 6 aromatic rings. The number of epoxide rings is 1. The van der Waals surface area contributed by atoms with Crippen molar-refractivity contribution < 1.29 is 23.4 Å². The summed E-state index contributed by atoms with van der Waals surface area (Å²) in [4.78, 5) is 23.0. The second-order valence-electron chi connectivity index (χ2n) is 20.2. The molecule has 11 rings (SSSR count). The number of hydrogen-bond acceptors (Lipinski definition) is 15. The number of aliphatic imine (C=N–C) groups is 1. The number of nitriles is 1. The number of oxazole rings is 1. The van der Waals surface area contributed by atoms with Gasteiger partial charge in [-0.2, -0.15) is 5.26 Å². The molecule has 3 aliphatic heterocycles. The van der Waals surface area contributed by atoms with Gasteiger partial charge in [0, 0.05) is 70.0 Å². The van der Waals surface area contributed by atoms with E-state index < -0.39 is 0 Å². The second kappa shape index (κ2) is 16.3. The van der Waals surface area contributed by atoms with Crippen LogP contribution in [0.4, 0.5) is 5.95 Å². The van der Waals surface area contributed by atoms with E-state index in [1.54, 1.807) is 43.0 Å². The fraction of sp³-hybridized carbons (Fsp3) is 0.471. The van der Waals surface area contributed by atoms with Gasteiger partial charge >= 0.3 is 0 Å². The van der Waals surface area contributed by atoms with Gasteiger partial charge in [-0.05, 0) is 93.8 Å². The summed E-state index contributed by atoms with van der Waals surface area (Å²) in [5.41, 5.74) is 5.68. The van der Waals surface area contributed by atoms with Gasteiger partial charge in [0.2, 0.25) is 5.95 Å². The number of thiophene rings is 1. The number of aromatic nitrogens is 6. The molecule has 67 heavy (non-hydrogen) atoms. The Hall–Kier alpha value is -6.15. The lowest BCUT2D eigenvalue weighted by atomic mass is 9.49. The van der Waals surface area contributed by atoms with Crippen molar-refractivity contribution in [2.45, 2.75) is 117 Å². The lowest BCUT2D eigenvalue weighted by Gasteiger charge is -2.63. The van der Waals surface area contributed by atoms with Crippen LogP contribution in [-0.4, -0.2) is 80.1 Å². The zero-order chi connectivity index (χ0) is 46.4. The lowest BCUT2D eigenvalue weighted by molar-refractivity contribution is -0.171. The largest absolute Gasteiger partial charge is 0.495 e. The average Bonchev–Trinajstić information content (AvgIpc) is 3.58. The molecule has 7 heterocycles. The summed E-state index contributed by atoms with van der Waals surface area (Å²) in [6.45, 7) is 17.1. The summed E-state index contributed by atoms with van der Waals surface area (Å²) < 4.78 is 32.5. The van der Waals surface area contributed by atoms with E-state index in [0.29, 0.717) is 34.8 Å². The minimum absolute atomic E-state index is 0.0600. The zero-order valence-corrected chi connectivity index (χ0v) is 40.1. The number of piperidine rings is 1. The first kappa shape index (κ1) is 43.4. The Kier molecular flexibility index (Phi) is 10.5. The Morgan fingerprint density at radius 3 is 2.34 bits per heavy atom. The van der Waals surface area contributed by atoms with Crippen molar-refractivity contribution in [1.29, 1.82) is 5.26 Å². The van der Waals surface area contributed by atoms with E-state index in [0.717, 1.165) is 89.5 Å². The number of aryl methyl sites for hydroxylation is 2. The Labute approximate surface area is 394 Å². The van der Waals surface area contributed by atoms with Crippen molar-refractivity contribution in [2.75, 3.05) is 25.1 Å². The second-order valence-corrected chi connectivity index (χ2v) is 21.4. The Morgan fingerprint density at radius 1 is 0.925 bits per heavy atom. The van der Waals surface area contributed by atoms with Gasteiger partial charge in [-0.25, -0.2) is 15.0 Å². The summed E-state index contributed by atoms with van der Waals surface area (Å²) in [7, 11) is 1.57. The van der Waals surface area contributed by atoms with Gasteiger partial charge < -0.3 is 28.3 Å². The molecule has 3 atom stereocenters. The van der Waals surface area contributed by atoms with Crippen molar-refractivity contribution in [3.8, 4) is 28.3 Å². The summed E-state index contributed by atoms with van der Waals surface area (Å²) in [6, 6.07) is 15.8. The summed E-state index contributed by atoms with van der Waals surface area (Å²) in [6.07, 6.45) is 11.8. The van der Waals surface area contributed by atoms with E-state index in [2.05, 4.69) is 102 Å². The predicted molar refractivity (Wildman–Crippen MR) is 252 cm³/mol. The number of fused-ring (bicyclic) bond motifs is 3. The molecule has 0 bridgehead atoms. The summed E-state index contributed by atoms with van der Waals surface area (Å²) in [5, 5.41) is 23.3. The smallest absolute Gasteiger partial charge is 0.225 e. The monoisotopic (exact) mass is 920 g/mol. The molecule has 2 aliphatic carbocycles. The van der Waals surface area contributed by atoms with Crippen molar-refractivity contribution >= 4 is 23.0 Å². The first-order valence-corrected chi connectivity index (χ1v) is 24.1. The van der Waals surface area contributed by atoms with E-state index in [1.807, 2.05) is 25.4 Å². The molecule has 2 aromatic carbocycles. The first-order valence-electron chi connectivity index (χ1n) is 23.2. The molecule has 0 radical (unpaired) electrons. The Bertz CT molecular complexity index is 2870. The quantitative estimate of drug-likeness (QED) is 0.116. The topological polar surface area (TPSA) is 174 Å². The molecule has 4 aromatic heterocycles. The zero-order valence-electron chi connectivity index (χ0n) is 39.2. The molecule has 1 N–H and O–H groups in total. The van der Waals surface area contributed by atoms with Crippen molar-refractivity contribution in [2.24, 2.45) is 21.2 Å². The fourth-order valence-corrected chi connectivity index (χ4v) is 12.8. The molecule has 346 valence electrons. The predicted octanol–water partition coefficient (Wildman–Crippen LogP) is 8.74. The number of nitrogens with zero attached hydrogens (tertiary/aromatic N) is 9. The van der Waals surface area contributed by atoms with Crippen molar-refractivity contribution in [1.82, 2.24) is 35.0 Å². The van der Waals surface area contributed by atoms with Gasteiger partial charge in [-0.1, -0.05) is 27.7 Å². The Balaban J connectivity index is 0.677. The van der Waals surface area contributed by atoms with E-state index in [9.17, 15) is 5.26 Å². The highest BCUT2D eigenvalue weighted by molar-refractivity contribution is 7.15. The Morgan fingerprint density at radius 2 is 1.66 bits per heavy atom. The van der Waals surface area contributed by atoms with Crippen LogP contribution in [0.15, 0.2) is 76.7 Å². The van der Waals surface area contributed by atoms with Crippen LogP contribution in [0, 0.1) is 48.3 Å². The fourth-order valence-electron chi connectivity index (χ4n) is 11.6. The number of rotatable bonds is 12. The molecule has 15 nitrogen and oxygen atoms in total. The molecule has 2 unspecified atom stereocenters. The number of ether oxygens (including phenoxy) is 4. The lowest BCUT2D eigenvalue weighted by Crippen LogP contribution is -2.74. The van der Waals surface area contributed by atoms with Crippen LogP contribution in [0.3, 0.4) is 0 Å². The number of hydrogen-bond donors (Lipinski definition) is 1. The van der Waals surface area contributed by atoms with Crippen LogP contribution in [0.25, 0.3) is 5.00 Å². The van der Waals surface area contributed by atoms with Crippen LogP contribution >= 0.6 is 11.3 Å². The number of benzene rings is 2. The maximum absolute atomic E-state index is 9.40. The van der Waals surface area contributed by atoms with Gasteiger partial charge in [0.15, 0.2) is 11.7 Å². The van der Waals surface area contributed by atoms with Crippen molar-refractivity contribution in [3.63, 3.8) is 0 Å². The molecule has 4 fully saturated rings. The third kappa shape index (κ3) is 7.55. The maximum atomic E-state index is 9.40. The number of anilines is 1. The van der Waals surface area contributed by atoms with Crippen LogP contribution in [0.1, 0.15) is 116 Å². The van der Waals surface area contributed by atoms with Crippen LogP contribution in [-0.2, 0) is 11.2 Å². The highest BCUT2D eigenvalue weighted by Crippen LogP contribution is 2.57. The maximum Gasteiger partial charge on any atom is 0.225 e. The van der Waals surface area contributed by atoms with Gasteiger partial charge in [-0.3, -0.25) is 14.9 Å². The van der Waals surface area contributed by atoms with Gasteiger partial charge in [0.05, 0.1) is 37.1 Å². The van der Waals surface area contributed by atoms with Crippen LogP contribution < -0.4 is 24.4 Å². The third-order valence-corrected chi connectivity index (χ3v) is 16.3.